The maximum Gasteiger partial charge on any atom is -0.00189 e. The molecule has 3 rings (SSSR count). The topological polar surface area (TPSA) is 0 Å². The highest BCUT2D eigenvalue weighted by atomic mass is 14.4. The van der Waals surface area contributed by atoms with Crippen LogP contribution in [0.1, 0.15) is 12.8 Å². The molecule has 0 radical (unpaired) electrons. The van der Waals surface area contributed by atoms with Gasteiger partial charge in [-0.15, -0.1) is 0 Å². The third-order valence-electron chi connectivity index (χ3n) is 3.71. The molecule has 0 heteroatoms. The molecule has 0 aliphatic heterocycles. The Morgan fingerprint density at radius 1 is 0.667 bits per heavy atom. The summed E-state index contributed by atoms with van der Waals surface area (Å²) in [5, 5.41) is 0. The molecule has 0 heterocycles. The summed E-state index contributed by atoms with van der Waals surface area (Å²) in [7, 11) is 0. The molecule has 3 aliphatic carbocycles. The molecule has 0 saturated heterocycles. The zero-order valence-electron chi connectivity index (χ0n) is 7.19. The second-order valence-electron chi connectivity index (χ2n) is 4.21. The van der Waals surface area contributed by atoms with E-state index in [9.17, 15) is 0 Å². The zero-order valence-corrected chi connectivity index (χ0v) is 7.19. The quantitative estimate of drug-likeness (QED) is 0.475. The van der Waals surface area contributed by atoms with E-state index < -0.39 is 0 Å². The van der Waals surface area contributed by atoms with E-state index in [2.05, 4.69) is 36.5 Å². The van der Waals surface area contributed by atoms with E-state index in [1.54, 1.807) is 0 Å². The van der Waals surface area contributed by atoms with E-state index in [1.165, 1.54) is 12.8 Å². The SMILES string of the molecule is C1=CC2/C=C\C=C/C1C1CCC21. The highest BCUT2D eigenvalue weighted by molar-refractivity contribution is 5.24. The van der Waals surface area contributed by atoms with Gasteiger partial charge in [0, 0.05) is 0 Å². The molecule has 4 unspecified atom stereocenters. The van der Waals surface area contributed by atoms with Gasteiger partial charge in [-0.25, -0.2) is 0 Å². The highest BCUT2D eigenvalue weighted by Gasteiger charge is 2.40. The molecule has 4 atom stereocenters. The van der Waals surface area contributed by atoms with Crippen LogP contribution in [0.3, 0.4) is 0 Å². The fraction of sp³-hybridized carbons (Fsp3) is 0.500. The van der Waals surface area contributed by atoms with Crippen molar-refractivity contribution < 1.29 is 0 Å². The molecule has 0 aromatic heterocycles. The fourth-order valence-electron chi connectivity index (χ4n) is 2.85. The number of rotatable bonds is 0. The number of hydrogen-bond donors (Lipinski definition) is 0. The van der Waals surface area contributed by atoms with Crippen molar-refractivity contribution in [3.05, 3.63) is 36.5 Å². The molecule has 0 aromatic carbocycles. The molecule has 12 heavy (non-hydrogen) atoms. The van der Waals surface area contributed by atoms with Crippen LogP contribution in [0.2, 0.25) is 0 Å². The van der Waals surface area contributed by atoms with Crippen LogP contribution < -0.4 is 0 Å². The van der Waals surface area contributed by atoms with Crippen LogP contribution in [-0.4, -0.2) is 0 Å². The number of fused-ring (bicyclic) bond motifs is 5. The lowest BCUT2D eigenvalue weighted by atomic mass is 9.58. The van der Waals surface area contributed by atoms with Crippen molar-refractivity contribution in [1.29, 1.82) is 0 Å². The lowest BCUT2D eigenvalue weighted by molar-refractivity contribution is 0.109. The summed E-state index contributed by atoms with van der Waals surface area (Å²) in [6, 6.07) is 0. The highest BCUT2D eigenvalue weighted by Crippen LogP contribution is 2.49. The Labute approximate surface area is 73.7 Å². The van der Waals surface area contributed by atoms with Crippen molar-refractivity contribution in [3.63, 3.8) is 0 Å². The minimum absolute atomic E-state index is 0.755. The van der Waals surface area contributed by atoms with Gasteiger partial charge < -0.3 is 0 Å². The van der Waals surface area contributed by atoms with Crippen LogP contribution in [0, 0.1) is 23.7 Å². The molecular formula is C12H14. The van der Waals surface area contributed by atoms with E-state index in [0.29, 0.717) is 0 Å². The van der Waals surface area contributed by atoms with E-state index in [1.807, 2.05) is 0 Å². The fourth-order valence-corrected chi connectivity index (χ4v) is 2.85. The molecule has 2 bridgehead atoms. The van der Waals surface area contributed by atoms with Gasteiger partial charge in [0.05, 0.1) is 0 Å². The van der Waals surface area contributed by atoms with E-state index in [4.69, 9.17) is 0 Å². The Hall–Kier alpha value is -0.780. The Morgan fingerprint density at radius 2 is 1.17 bits per heavy atom. The lowest BCUT2D eigenvalue weighted by Crippen LogP contribution is -2.38. The average molecular weight is 158 g/mol. The first kappa shape index (κ1) is 6.71. The van der Waals surface area contributed by atoms with E-state index in [0.717, 1.165) is 23.7 Å². The minimum atomic E-state index is 0.755. The normalized spacial score (nSPS) is 53.3. The standard InChI is InChI=1S/C12H14/c1-2-4-10-6-5-9(3-1)11-7-8-12(10)11/h1-6,9-12H,7-8H2/b3-1-,4-2-. The largest absolute Gasteiger partial charge is 0.0807 e. The number of hydrogen-bond acceptors (Lipinski definition) is 0. The summed E-state index contributed by atoms with van der Waals surface area (Å²) in [5.74, 6) is 3.46. The van der Waals surface area contributed by atoms with Crippen molar-refractivity contribution in [3.8, 4) is 0 Å². The first-order valence-corrected chi connectivity index (χ1v) is 4.98. The van der Waals surface area contributed by atoms with Crippen LogP contribution in [0.15, 0.2) is 36.5 Å². The first-order valence-electron chi connectivity index (χ1n) is 4.98. The molecule has 0 spiro atoms. The Kier molecular flexibility index (Phi) is 1.31. The second kappa shape index (κ2) is 2.35. The third-order valence-corrected chi connectivity index (χ3v) is 3.71. The summed E-state index contributed by atoms with van der Waals surface area (Å²) in [6.07, 6.45) is 16.9. The Morgan fingerprint density at radius 3 is 1.58 bits per heavy atom. The zero-order chi connectivity index (χ0) is 7.97. The van der Waals surface area contributed by atoms with Gasteiger partial charge in [0.1, 0.15) is 0 Å². The molecule has 0 amide bonds. The van der Waals surface area contributed by atoms with Crippen molar-refractivity contribution in [2.45, 2.75) is 12.8 Å². The Bertz CT molecular complexity index is 242. The van der Waals surface area contributed by atoms with E-state index >= 15 is 0 Å². The summed E-state index contributed by atoms with van der Waals surface area (Å²) in [4.78, 5) is 0. The molecule has 1 fully saturated rings. The van der Waals surface area contributed by atoms with Crippen LogP contribution in [0.25, 0.3) is 0 Å². The minimum Gasteiger partial charge on any atom is -0.0807 e. The molecular weight excluding hydrogens is 144 g/mol. The summed E-state index contributed by atoms with van der Waals surface area (Å²) >= 11 is 0. The lowest BCUT2D eigenvalue weighted by Gasteiger charge is -2.46. The second-order valence-corrected chi connectivity index (χ2v) is 4.21. The van der Waals surface area contributed by atoms with Crippen molar-refractivity contribution >= 4 is 0 Å². The maximum absolute atomic E-state index is 2.41. The van der Waals surface area contributed by atoms with Gasteiger partial charge in [0.2, 0.25) is 0 Å². The van der Waals surface area contributed by atoms with Gasteiger partial charge in [0.25, 0.3) is 0 Å². The predicted molar refractivity (Wildman–Crippen MR) is 50.6 cm³/mol. The van der Waals surface area contributed by atoms with Gasteiger partial charge in [-0.3, -0.25) is 0 Å². The smallest absolute Gasteiger partial charge is 0.00189 e. The third kappa shape index (κ3) is 0.782. The first-order chi connectivity index (χ1) is 5.95. The van der Waals surface area contributed by atoms with Crippen LogP contribution in [0.5, 0.6) is 0 Å². The molecule has 0 aromatic rings. The van der Waals surface area contributed by atoms with Gasteiger partial charge in [-0.2, -0.15) is 0 Å². The van der Waals surface area contributed by atoms with Gasteiger partial charge in [0.15, 0.2) is 0 Å². The Balaban J connectivity index is 2.03. The molecule has 1 saturated carbocycles. The number of allylic oxidation sites excluding steroid dienone is 6. The molecule has 0 nitrogen and oxygen atoms in total. The van der Waals surface area contributed by atoms with Crippen LogP contribution in [0.4, 0.5) is 0 Å². The predicted octanol–water partition coefficient (Wildman–Crippen LogP) is 2.94. The summed E-state index contributed by atoms with van der Waals surface area (Å²) in [6.45, 7) is 0. The maximum atomic E-state index is 2.41. The van der Waals surface area contributed by atoms with Gasteiger partial charge in [-0.1, -0.05) is 36.5 Å². The van der Waals surface area contributed by atoms with Crippen molar-refractivity contribution in [1.82, 2.24) is 0 Å². The van der Waals surface area contributed by atoms with Crippen molar-refractivity contribution in [2.24, 2.45) is 23.7 Å². The van der Waals surface area contributed by atoms with Crippen LogP contribution in [-0.2, 0) is 0 Å². The summed E-state index contributed by atoms with van der Waals surface area (Å²) < 4.78 is 0. The van der Waals surface area contributed by atoms with Gasteiger partial charge in [-0.05, 0) is 36.5 Å². The molecule has 0 N–H and O–H groups in total. The van der Waals surface area contributed by atoms with Gasteiger partial charge >= 0.3 is 0 Å². The van der Waals surface area contributed by atoms with Crippen LogP contribution >= 0.6 is 0 Å². The molecule has 62 valence electrons. The van der Waals surface area contributed by atoms with Crippen molar-refractivity contribution in [2.75, 3.05) is 0 Å². The average Bonchev–Trinajstić information content (AvgIpc) is 1.96. The summed E-state index contributed by atoms with van der Waals surface area (Å²) in [5.41, 5.74) is 0. The van der Waals surface area contributed by atoms with E-state index in [-0.39, 0.29) is 0 Å². The monoisotopic (exact) mass is 158 g/mol. The molecule has 3 aliphatic rings.